The van der Waals surface area contributed by atoms with Gasteiger partial charge in [0.05, 0.1) is 17.8 Å². The minimum absolute atomic E-state index is 0.243. The summed E-state index contributed by atoms with van der Waals surface area (Å²) in [4.78, 5) is 0. The maximum atomic E-state index is 13.7. The van der Waals surface area contributed by atoms with E-state index in [1.165, 1.54) is 24.9 Å². The van der Waals surface area contributed by atoms with Gasteiger partial charge in [0.15, 0.2) is 11.6 Å². The Hall–Kier alpha value is -2.11. The fourth-order valence-corrected chi connectivity index (χ4v) is 3.16. The number of ether oxygens (including phenoxy) is 1. The molecule has 0 N–H and O–H groups in total. The Morgan fingerprint density at radius 3 is 2.58 bits per heavy atom. The first-order valence-electron chi connectivity index (χ1n) is 7.21. The summed E-state index contributed by atoms with van der Waals surface area (Å²) in [6.07, 6.45) is 0. The van der Waals surface area contributed by atoms with Crippen LogP contribution in [-0.4, -0.2) is 17.3 Å². The lowest BCUT2D eigenvalue weighted by atomic mass is 10.1. The van der Waals surface area contributed by atoms with E-state index in [2.05, 4.69) is 10.2 Å². The summed E-state index contributed by atoms with van der Waals surface area (Å²) in [6, 6.07) is 16.2. The van der Waals surface area contributed by atoms with Crippen molar-refractivity contribution >= 4 is 23.4 Å². The van der Waals surface area contributed by atoms with Crippen LogP contribution in [0.2, 0.25) is 5.02 Å². The van der Waals surface area contributed by atoms with Crippen molar-refractivity contribution in [2.75, 3.05) is 7.11 Å². The Morgan fingerprint density at radius 1 is 1.08 bits per heavy atom. The third-order valence-corrected chi connectivity index (χ3v) is 4.71. The van der Waals surface area contributed by atoms with Gasteiger partial charge in [-0.1, -0.05) is 47.6 Å². The number of halogens is 2. The van der Waals surface area contributed by atoms with Crippen LogP contribution in [0.3, 0.4) is 0 Å². The van der Waals surface area contributed by atoms with Gasteiger partial charge in [0.25, 0.3) is 0 Å². The van der Waals surface area contributed by atoms with Crippen molar-refractivity contribution in [3.05, 3.63) is 71.0 Å². The minimum Gasteiger partial charge on any atom is -0.494 e. The second-order valence-electron chi connectivity index (χ2n) is 4.99. The van der Waals surface area contributed by atoms with Crippen LogP contribution >= 0.6 is 23.4 Å². The number of thioether (sulfide) groups is 1. The molecule has 0 atom stereocenters. The first-order chi connectivity index (χ1) is 11.7. The Kier molecular flexibility index (Phi) is 5.33. The minimum atomic E-state index is -0.365. The Bertz CT molecular complexity index is 843. The average Bonchev–Trinajstić information content (AvgIpc) is 2.61. The number of methoxy groups -OCH3 is 1. The van der Waals surface area contributed by atoms with E-state index in [0.717, 1.165) is 21.8 Å². The molecule has 1 heterocycles. The van der Waals surface area contributed by atoms with Crippen LogP contribution in [0.5, 0.6) is 5.75 Å². The van der Waals surface area contributed by atoms with Crippen molar-refractivity contribution in [3.8, 4) is 17.0 Å². The fraction of sp³-hybridized carbons (Fsp3) is 0.111. The molecule has 122 valence electrons. The number of benzene rings is 2. The van der Waals surface area contributed by atoms with Crippen LogP contribution in [0.1, 0.15) is 5.56 Å². The number of hydrogen-bond donors (Lipinski definition) is 0. The standard InChI is InChI=1S/C18H14ClFN2OS/c1-23-17-8-6-12(10-15(17)20)11-24-18-9-7-16(21-22-18)13-4-2-3-5-14(13)19/h2-10H,11H2,1H3. The molecule has 0 saturated heterocycles. The lowest BCUT2D eigenvalue weighted by Gasteiger charge is -2.06. The highest BCUT2D eigenvalue weighted by molar-refractivity contribution is 7.98. The Balaban J connectivity index is 1.69. The molecule has 0 aliphatic heterocycles. The molecule has 3 aromatic rings. The molecular formula is C18H14ClFN2OS. The highest BCUT2D eigenvalue weighted by Gasteiger charge is 2.07. The number of rotatable bonds is 5. The van der Waals surface area contributed by atoms with Gasteiger partial charge in [0.2, 0.25) is 0 Å². The molecule has 0 aliphatic rings. The fourth-order valence-electron chi connectivity index (χ4n) is 2.17. The summed E-state index contributed by atoms with van der Waals surface area (Å²) in [6.45, 7) is 0. The number of aromatic nitrogens is 2. The molecule has 24 heavy (non-hydrogen) atoms. The first-order valence-corrected chi connectivity index (χ1v) is 8.57. The number of nitrogens with zero attached hydrogens (tertiary/aromatic N) is 2. The molecule has 6 heteroatoms. The molecular weight excluding hydrogens is 347 g/mol. The average molecular weight is 361 g/mol. The lowest BCUT2D eigenvalue weighted by molar-refractivity contribution is 0.386. The second-order valence-corrected chi connectivity index (χ2v) is 6.40. The topological polar surface area (TPSA) is 35.0 Å². The van der Waals surface area contributed by atoms with Crippen LogP contribution in [0, 0.1) is 5.82 Å². The molecule has 0 fully saturated rings. The molecule has 0 radical (unpaired) electrons. The van der Waals surface area contributed by atoms with E-state index in [-0.39, 0.29) is 11.6 Å². The monoisotopic (exact) mass is 360 g/mol. The zero-order valence-corrected chi connectivity index (χ0v) is 14.4. The van der Waals surface area contributed by atoms with Crippen molar-refractivity contribution in [2.24, 2.45) is 0 Å². The molecule has 0 saturated carbocycles. The normalized spacial score (nSPS) is 10.6. The third-order valence-electron chi connectivity index (χ3n) is 3.39. The van der Waals surface area contributed by atoms with E-state index in [1.54, 1.807) is 6.07 Å². The highest BCUT2D eigenvalue weighted by Crippen LogP contribution is 2.28. The summed E-state index contributed by atoms with van der Waals surface area (Å²) >= 11 is 7.65. The van der Waals surface area contributed by atoms with Gasteiger partial charge in [-0.25, -0.2) is 4.39 Å². The summed E-state index contributed by atoms with van der Waals surface area (Å²) in [5, 5.41) is 9.83. The third kappa shape index (κ3) is 3.86. The van der Waals surface area contributed by atoms with Gasteiger partial charge in [0.1, 0.15) is 5.03 Å². The van der Waals surface area contributed by atoms with E-state index < -0.39 is 0 Å². The number of hydrogen-bond acceptors (Lipinski definition) is 4. The van der Waals surface area contributed by atoms with Crippen LogP contribution in [0.15, 0.2) is 59.6 Å². The molecule has 0 aliphatic carbocycles. The van der Waals surface area contributed by atoms with E-state index >= 15 is 0 Å². The molecule has 0 unspecified atom stereocenters. The summed E-state index contributed by atoms with van der Waals surface area (Å²) in [5.41, 5.74) is 2.43. The van der Waals surface area contributed by atoms with Gasteiger partial charge in [-0.05, 0) is 35.9 Å². The molecule has 0 bridgehead atoms. The van der Waals surface area contributed by atoms with Crippen molar-refractivity contribution in [3.63, 3.8) is 0 Å². The maximum Gasteiger partial charge on any atom is 0.165 e. The summed E-state index contributed by atoms with van der Waals surface area (Å²) in [7, 11) is 1.45. The van der Waals surface area contributed by atoms with Gasteiger partial charge in [-0.3, -0.25) is 0 Å². The summed E-state index contributed by atoms with van der Waals surface area (Å²) in [5.74, 6) is 0.476. The lowest BCUT2D eigenvalue weighted by Crippen LogP contribution is -1.92. The second kappa shape index (κ2) is 7.64. The highest BCUT2D eigenvalue weighted by atomic mass is 35.5. The predicted octanol–water partition coefficient (Wildman–Crippen LogP) is 5.24. The van der Waals surface area contributed by atoms with Crippen LogP contribution < -0.4 is 4.74 Å². The van der Waals surface area contributed by atoms with Crippen LogP contribution in [-0.2, 0) is 5.75 Å². The molecule has 2 aromatic carbocycles. The summed E-state index contributed by atoms with van der Waals surface area (Å²) < 4.78 is 18.6. The van der Waals surface area contributed by atoms with E-state index in [1.807, 2.05) is 42.5 Å². The van der Waals surface area contributed by atoms with Gasteiger partial charge >= 0.3 is 0 Å². The van der Waals surface area contributed by atoms with Gasteiger partial charge in [-0.15, -0.1) is 10.2 Å². The Morgan fingerprint density at radius 2 is 1.92 bits per heavy atom. The molecule has 0 spiro atoms. The van der Waals surface area contributed by atoms with Crippen molar-refractivity contribution in [1.82, 2.24) is 10.2 Å². The molecule has 3 nitrogen and oxygen atoms in total. The zero-order chi connectivity index (χ0) is 16.9. The van der Waals surface area contributed by atoms with Crippen molar-refractivity contribution in [1.29, 1.82) is 0 Å². The molecule has 3 rings (SSSR count). The van der Waals surface area contributed by atoms with Gasteiger partial charge in [-0.2, -0.15) is 0 Å². The van der Waals surface area contributed by atoms with Gasteiger partial charge in [0, 0.05) is 11.3 Å². The van der Waals surface area contributed by atoms with Crippen molar-refractivity contribution in [2.45, 2.75) is 10.8 Å². The van der Waals surface area contributed by atoms with E-state index in [4.69, 9.17) is 16.3 Å². The van der Waals surface area contributed by atoms with Crippen molar-refractivity contribution < 1.29 is 9.13 Å². The molecule has 0 amide bonds. The zero-order valence-electron chi connectivity index (χ0n) is 12.9. The van der Waals surface area contributed by atoms with Crippen LogP contribution in [0.4, 0.5) is 4.39 Å². The maximum absolute atomic E-state index is 13.7. The first kappa shape index (κ1) is 16.7. The Labute approximate surface area is 148 Å². The van der Waals surface area contributed by atoms with Gasteiger partial charge < -0.3 is 4.74 Å². The van der Waals surface area contributed by atoms with Crippen LogP contribution in [0.25, 0.3) is 11.3 Å². The molecule has 1 aromatic heterocycles. The predicted molar refractivity (Wildman–Crippen MR) is 95.0 cm³/mol. The van der Waals surface area contributed by atoms with E-state index in [9.17, 15) is 4.39 Å². The largest absolute Gasteiger partial charge is 0.494 e. The smallest absolute Gasteiger partial charge is 0.165 e. The van der Waals surface area contributed by atoms with E-state index in [0.29, 0.717) is 10.8 Å². The SMILES string of the molecule is COc1ccc(CSc2ccc(-c3ccccc3Cl)nn2)cc1F. The quantitative estimate of drug-likeness (QED) is 0.583.